The lowest BCUT2D eigenvalue weighted by Crippen LogP contribution is -2.16. The average molecular weight is 227 g/mol. The van der Waals surface area contributed by atoms with Gasteiger partial charge in [0.05, 0.1) is 11.4 Å². The molecule has 17 heavy (non-hydrogen) atoms. The fourth-order valence-corrected chi connectivity index (χ4v) is 1.77. The molecule has 2 aromatic carbocycles. The Hall–Kier alpha value is -2.16. The van der Waals surface area contributed by atoms with E-state index in [2.05, 4.69) is 24.1 Å². The van der Waals surface area contributed by atoms with Crippen molar-refractivity contribution in [3.05, 3.63) is 54.1 Å². The summed E-state index contributed by atoms with van der Waals surface area (Å²) in [7, 11) is 2.06. The lowest BCUT2D eigenvalue weighted by atomic mass is 10.1. The summed E-state index contributed by atoms with van der Waals surface area (Å²) in [6, 6.07) is 16.0. The first kappa shape index (κ1) is 11.3. The highest BCUT2D eigenvalue weighted by Gasteiger charge is 2.02. The molecule has 88 valence electrons. The van der Waals surface area contributed by atoms with Crippen LogP contribution in [0, 0.1) is 0 Å². The Bertz CT molecular complexity index is 494. The number of benzene rings is 2. The van der Waals surface area contributed by atoms with Crippen LogP contribution in [0.2, 0.25) is 0 Å². The van der Waals surface area contributed by atoms with Crippen molar-refractivity contribution in [2.75, 3.05) is 23.4 Å². The first-order valence-electron chi connectivity index (χ1n) is 5.57. The molecule has 0 aliphatic carbocycles. The van der Waals surface area contributed by atoms with Gasteiger partial charge in [-0.25, -0.2) is 0 Å². The van der Waals surface area contributed by atoms with Crippen LogP contribution in [0.3, 0.4) is 0 Å². The van der Waals surface area contributed by atoms with Crippen LogP contribution in [0.5, 0.6) is 0 Å². The van der Waals surface area contributed by atoms with E-state index in [4.69, 9.17) is 11.5 Å². The number of para-hydroxylation sites is 1. The van der Waals surface area contributed by atoms with Gasteiger partial charge in [-0.1, -0.05) is 24.3 Å². The van der Waals surface area contributed by atoms with Crippen molar-refractivity contribution in [3.63, 3.8) is 0 Å². The molecule has 4 N–H and O–H groups in total. The molecule has 0 radical (unpaired) electrons. The maximum Gasteiger partial charge on any atom is 0.0551 e. The van der Waals surface area contributed by atoms with Crippen molar-refractivity contribution >= 4 is 17.1 Å². The van der Waals surface area contributed by atoms with Crippen molar-refractivity contribution in [3.8, 4) is 0 Å². The standard InChI is InChI=1S/C14H17N3/c1-17(12-5-3-2-4-6-12)10-11-7-8-13(15)14(16)9-11/h2-9H,10,15-16H2,1H3. The summed E-state index contributed by atoms with van der Waals surface area (Å²) in [5, 5.41) is 0. The maximum atomic E-state index is 5.79. The highest BCUT2D eigenvalue weighted by molar-refractivity contribution is 5.64. The molecule has 0 spiro atoms. The average Bonchev–Trinajstić information content (AvgIpc) is 2.35. The number of hydrogen-bond donors (Lipinski definition) is 2. The van der Waals surface area contributed by atoms with Gasteiger partial charge in [-0.05, 0) is 29.8 Å². The van der Waals surface area contributed by atoms with Crippen LogP contribution in [0.25, 0.3) is 0 Å². The van der Waals surface area contributed by atoms with E-state index in [1.54, 1.807) is 0 Å². The Labute approximate surface area is 102 Å². The van der Waals surface area contributed by atoms with Gasteiger partial charge in [0.15, 0.2) is 0 Å². The number of anilines is 3. The van der Waals surface area contributed by atoms with Crippen molar-refractivity contribution in [1.82, 2.24) is 0 Å². The van der Waals surface area contributed by atoms with E-state index in [0.29, 0.717) is 11.4 Å². The van der Waals surface area contributed by atoms with E-state index in [1.807, 2.05) is 36.4 Å². The van der Waals surface area contributed by atoms with Gasteiger partial charge in [-0.3, -0.25) is 0 Å². The zero-order valence-electron chi connectivity index (χ0n) is 9.93. The summed E-state index contributed by atoms with van der Waals surface area (Å²) < 4.78 is 0. The largest absolute Gasteiger partial charge is 0.397 e. The summed E-state index contributed by atoms with van der Waals surface area (Å²) in [6.07, 6.45) is 0. The van der Waals surface area contributed by atoms with E-state index in [-0.39, 0.29) is 0 Å². The normalized spacial score (nSPS) is 10.2. The van der Waals surface area contributed by atoms with E-state index < -0.39 is 0 Å². The highest BCUT2D eigenvalue weighted by atomic mass is 15.1. The van der Waals surface area contributed by atoms with Crippen molar-refractivity contribution < 1.29 is 0 Å². The van der Waals surface area contributed by atoms with Gasteiger partial charge in [-0.15, -0.1) is 0 Å². The number of nitrogens with zero attached hydrogens (tertiary/aromatic N) is 1. The van der Waals surface area contributed by atoms with Crippen LogP contribution < -0.4 is 16.4 Å². The molecule has 3 nitrogen and oxygen atoms in total. The van der Waals surface area contributed by atoms with Gasteiger partial charge < -0.3 is 16.4 Å². The molecule has 3 heteroatoms. The van der Waals surface area contributed by atoms with E-state index in [0.717, 1.165) is 12.1 Å². The molecule has 0 saturated heterocycles. The maximum absolute atomic E-state index is 5.79. The van der Waals surface area contributed by atoms with Crippen LogP contribution in [0.15, 0.2) is 48.5 Å². The van der Waals surface area contributed by atoms with Gasteiger partial charge in [0.2, 0.25) is 0 Å². The third-order valence-corrected chi connectivity index (χ3v) is 2.77. The lowest BCUT2D eigenvalue weighted by Gasteiger charge is -2.19. The fourth-order valence-electron chi connectivity index (χ4n) is 1.77. The monoisotopic (exact) mass is 227 g/mol. The molecule has 0 aliphatic rings. The van der Waals surface area contributed by atoms with Crippen LogP contribution in [0.1, 0.15) is 5.56 Å². The van der Waals surface area contributed by atoms with E-state index >= 15 is 0 Å². The molecule has 0 aliphatic heterocycles. The fraction of sp³-hybridized carbons (Fsp3) is 0.143. The Balaban J connectivity index is 2.13. The smallest absolute Gasteiger partial charge is 0.0551 e. The summed E-state index contributed by atoms with van der Waals surface area (Å²) in [5.74, 6) is 0. The number of hydrogen-bond acceptors (Lipinski definition) is 3. The minimum atomic E-state index is 0.635. The second kappa shape index (κ2) is 4.78. The SMILES string of the molecule is CN(Cc1ccc(N)c(N)c1)c1ccccc1. The molecule has 0 heterocycles. The van der Waals surface area contributed by atoms with E-state index in [1.165, 1.54) is 5.69 Å². The first-order chi connectivity index (χ1) is 8.16. The predicted octanol–water partition coefficient (Wildman–Crippen LogP) is 2.49. The molecule has 2 rings (SSSR count). The number of nitrogen functional groups attached to an aromatic ring is 2. The summed E-state index contributed by atoms with van der Waals surface area (Å²) in [6.45, 7) is 0.814. The van der Waals surface area contributed by atoms with Gasteiger partial charge in [0.25, 0.3) is 0 Å². The zero-order chi connectivity index (χ0) is 12.3. The van der Waals surface area contributed by atoms with Gasteiger partial charge in [0.1, 0.15) is 0 Å². The second-order valence-corrected chi connectivity index (χ2v) is 4.15. The summed E-state index contributed by atoms with van der Waals surface area (Å²) in [5.41, 5.74) is 15.1. The minimum absolute atomic E-state index is 0.635. The molecule has 0 fully saturated rings. The van der Waals surface area contributed by atoms with Crippen molar-refractivity contribution in [2.24, 2.45) is 0 Å². The lowest BCUT2D eigenvalue weighted by molar-refractivity contribution is 0.924. The van der Waals surface area contributed by atoms with Crippen molar-refractivity contribution in [2.45, 2.75) is 6.54 Å². The topological polar surface area (TPSA) is 55.3 Å². The van der Waals surface area contributed by atoms with Crippen LogP contribution in [0.4, 0.5) is 17.1 Å². The molecule has 0 unspecified atom stereocenters. The van der Waals surface area contributed by atoms with Crippen molar-refractivity contribution in [1.29, 1.82) is 0 Å². The quantitative estimate of drug-likeness (QED) is 0.792. The zero-order valence-corrected chi connectivity index (χ0v) is 9.93. The Kier molecular flexibility index (Phi) is 3.19. The molecule has 2 aromatic rings. The summed E-state index contributed by atoms with van der Waals surface area (Å²) >= 11 is 0. The number of rotatable bonds is 3. The van der Waals surface area contributed by atoms with Gasteiger partial charge >= 0.3 is 0 Å². The third-order valence-electron chi connectivity index (χ3n) is 2.77. The molecule has 0 saturated carbocycles. The Morgan fingerprint density at radius 3 is 2.29 bits per heavy atom. The van der Waals surface area contributed by atoms with Gasteiger partial charge in [0, 0.05) is 19.3 Å². The molecule has 0 aromatic heterocycles. The Morgan fingerprint density at radius 1 is 0.941 bits per heavy atom. The number of nitrogens with two attached hydrogens (primary N) is 2. The molecule has 0 bridgehead atoms. The van der Waals surface area contributed by atoms with Crippen LogP contribution in [-0.4, -0.2) is 7.05 Å². The minimum Gasteiger partial charge on any atom is -0.397 e. The summed E-state index contributed by atoms with van der Waals surface area (Å²) in [4.78, 5) is 2.17. The predicted molar refractivity (Wildman–Crippen MR) is 73.8 cm³/mol. The molecule has 0 atom stereocenters. The molecular formula is C14H17N3. The van der Waals surface area contributed by atoms with Crippen LogP contribution >= 0.6 is 0 Å². The van der Waals surface area contributed by atoms with E-state index in [9.17, 15) is 0 Å². The highest BCUT2D eigenvalue weighted by Crippen LogP contribution is 2.19. The molecule has 0 amide bonds. The Morgan fingerprint density at radius 2 is 1.65 bits per heavy atom. The second-order valence-electron chi connectivity index (χ2n) is 4.15. The van der Waals surface area contributed by atoms with Gasteiger partial charge in [-0.2, -0.15) is 0 Å². The molecular weight excluding hydrogens is 210 g/mol. The first-order valence-corrected chi connectivity index (χ1v) is 5.57. The third kappa shape index (κ3) is 2.69. The van der Waals surface area contributed by atoms with Crippen LogP contribution in [-0.2, 0) is 6.54 Å².